The average molecular weight is 215 g/mol. The van der Waals surface area contributed by atoms with E-state index < -0.39 is 0 Å². The van der Waals surface area contributed by atoms with E-state index in [9.17, 15) is 0 Å². The summed E-state index contributed by atoms with van der Waals surface area (Å²) in [4.78, 5) is 4.21. The van der Waals surface area contributed by atoms with Crippen molar-refractivity contribution in [3.05, 3.63) is 36.8 Å². The quantitative estimate of drug-likeness (QED) is 0.743. The second-order valence-electron chi connectivity index (χ2n) is 4.91. The zero-order valence-corrected chi connectivity index (χ0v) is 9.94. The molecule has 0 aliphatic rings. The van der Waals surface area contributed by atoms with Crippen molar-refractivity contribution in [2.24, 2.45) is 0 Å². The van der Waals surface area contributed by atoms with Crippen molar-refractivity contribution < 1.29 is 0 Å². The Morgan fingerprint density at radius 3 is 2.50 bits per heavy atom. The van der Waals surface area contributed by atoms with Crippen LogP contribution in [0.25, 0.3) is 11.3 Å². The van der Waals surface area contributed by atoms with Crippen LogP contribution >= 0.6 is 0 Å². The lowest BCUT2D eigenvalue weighted by Crippen LogP contribution is -2.21. The minimum absolute atomic E-state index is 0.00805. The van der Waals surface area contributed by atoms with Crippen LogP contribution in [0.1, 0.15) is 20.8 Å². The van der Waals surface area contributed by atoms with E-state index in [0.717, 1.165) is 16.9 Å². The van der Waals surface area contributed by atoms with Gasteiger partial charge in [-0.2, -0.15) is 0 Å². The first-order valence-corrected chi connectivity index (χ1v) is 5.38. The molecule has 16 heavy (non-hydrogen) atoms. The summed E-state index contributed by atoms with van der Waals surface area (Å²) in [6, 6.07) is 7.87. The van der Waals surface area contributed by atoms with Crippen molar-refractivity contribution in [3.63, 3.8) is 0 Å². The van der Waals surface area contributed by atoms with Crippen LogP contribution in [0, 0.1) is 0 Å². The van der Waals surface area contributed by atoms with E-state index in [0.29, 0.717) is 0 Å². The van der Waals surface area contributed by atoms with Gasteiger partial charge < -0.3 is 10.3 Å². The number of rotatable bonds is 1. The highest BCUT2D eigenvalue weighted by Gasteiger charge is 2.18. The maximum Gasteiger partial charge on any atom is 0.0955 e. The van der Waals surface area contributed by atoms with Gasteiger partial charge in [0.25, 0.3) is 0 Å². The first-order chi connectivity index (χ1) is 7.50. The number of nitrogens with two attached hydrogens (primary N) is 1. The van der Waals surface area contributed by atoms with Crippen molar-refractivity contribution in [1.82, 2.24) is 9.55 Å². The average Bonchev–Trinajstić information content (AvgIpc) is 2.66. The van der Waals surface area contributed by atoms with E-state index in [2.05, 4.69) is 30.3 Å². The second-order valence-corrected chi connectivity index (χ2v) is 4.91. The third-order valence-corrected chi connectivity index (χ3v) is 2.60. The Balaban J connectivity index is 2.58. The Labute approximate surface area is 95.9 Å². The first kappa shape index (κ1) is 10.7. The molecule has 0 aliphatic heterocycles. The molecular formula is C13H17N3. The lowest BCUT2D eigenvalue weighted by atomic mass is 10.1. The largest absolute Gasteiger partial charge is 0.398 e. The van der Waals surface area contributed by atoms with Crippen molar-refractivity contribution in [2.75, 3.05) is 5.73 Å². The molecule has 1 aromatic heterocycles. The Bertz CT molecular complexity index is 492. The Kier molecular flexibility index (Phi) is 2.46. The third-order valence-electron chi connectivity index (χ3n) is 2.60. The van der Waals surface area contributed by atoms with Crippen molar-refractivity contribution in [2.45, 2.75) is 26.3 Å². The number of hydrogen-bond acceptors (Lipinski definition) is 2. The molecule has 84 valence electrons. The van der Waals surface area contributed by atoms with Crippen LogP contribution in [0.5, 0.6) is 0 Å². The van der Waals surface area contributed by atoms with E-state index >= 15 is 0 Å². The molecule has 0 saturated carbocycles. The van der Waals surface area contributed by atoms with Gasteiger partial charge in [0.15, 0.2) is 0 Å². The summed E-state index contributed by atoms with van der Waals surface area (Å²) >= 11 is 0. The van der Waals surface area contributed by atoms with Gasteiger partial charge in [-0.25, -0.2) is 4.98 Å². The summed E-state index contributed by atoms with van der Waals surface area (Å²) in [6.45, 7) is 6.45. The molecule has 2 aromatic rings. The van der Waals surface area contributed by atoms with Crippen LogP contribution in [0.3, 0.4) is 0 Å². The zero-order chi connectivity index (χ0) is 11.8. The van der Waals surface area contributed by atoms with Crippen LogP contribution in [-0.2, 0) is 5.54 Å². The number of imidazole rings is 1. The van der Waals surface area contributed by atoms with Gasteiger partial charge in [-0.05, 0) is 26.8 Å². The van der Waals surface area contributed by atoms with Gasteiger partial charge in [-0.1, -0.05) is 18.2 Å². The van der Waals surface area contributed by atoms with Crippen molar-refractivity contribution in [3.8, 4) is 11.3 Å². The number of nitrogens with zero attached hydrogens (tertiary/aromatic N) is 2. The number of hydrogen-bond donors (Lipinski definition) is 1. The van der Waals surface area contributed by atoms with E-state index in [1.54, 1.807) is 0 Å². The highest BCUT2D eigenvalue weighted by molar-refractivity contribution is 5.73. The molecule has 0 spiro atoms. The van der Waals surface area contributed by atoms with Crippen molar-refractivity contribution in [1.29, 1.82) is 0 Å². The first-order valence-electron chi connectivity index (χ1n) is 5.38. The summed E-state index contributed by atoms with van der Waals surface area (Å²) in [5.41, 5.74) is 8.87. The fraction of sp³-hybridized carbons (Fsp3) is 0.308. The van der Waals surface area contributed by atoms with E-state index in [4.69, 9.17) is 5.73 Å². The van der Waals surface area contributed by atoms with Gasteiger partial charge in [0.05, 0.1) is 18.2 Å². The standard InChI is InChI=1S/C13H17N3/c1-13(2,3)16-9-15-8-12(16)10-6-4-5-7-11(10)14/h4-9H,14H2,1-3H3. The third kappa shape index (κ3) is 1.81. The number of benzene rings is 1. The molecule has 0 radical (unpaired) electrons. The topological polar surface area (TPSA) is 43.8 Å². The predicted molar refractivity (Wildman–Crippen MR) is 67.1 cm³/mol. The molecule has 0 amide bonds. The minimum Gasteiger partial charge on any atom is -0.398 e. The molecule has 3 nitrogen and oxygen atoms in total. The number of anilines is 1. The fourth-order valence-corrected chi connectivity index (χ4v) is 1.76. The number of para-hydroxylation sites is 1. The van der Waals surface area contributed by atoms with Gasteiger partial charge in [-0.3, -0.25) is 0 Å². The predicted octanol–water partition coefficient (Wildman–Crippen LogP) is 2.89. The maximum atomic E-state index is 5.98. The van der Waals surface area contributed by atoms with E-state index in [1.807, 2.05) is 36.8 Å². The van der Waals surface area contributed by atoms with Crippen molar-refractivity contribution >= 4 is 5.69 Å². The lowest BCUT2D eigenvalue weighted by molar-refractivity contribution is 0.400. The molecule has 2 rings (SSSR count). The molecule has 1 heterocycles. The molecular weight excluding hydrogens is 198 g/mol. The Morgan fingerprint density at radius 2 is 1.88 bits per heavy atom. The normalized spacial score (nSPS) is 11.7. The molecule has 2 N–H and O–H groups in total. The minimum atomic E-state index is 0.00805. The molecule has 0 fully saturated rings. The van der Waals surface area contributed by atoms with Gasteiger partial charge >= 0.3 is 0 Å². The number of nitrogen functional groups attached to an aromatic ring is 1. The summed E-state index contributed by atoms with van der Waals surface area (Å²) in [5.74, 6) is 0. The highest BCUT2D eigenvalue weighted by Crippen LogP contribution is 2.29. The van der Waals surface area contributed by atoms with Crippen LogP contribution < -0.4 is 5.73 Å². The molecule has 0 bridgehead atoms. The molecule has 3 heteroatoms. The van der Waals surface area contributed by atoms with Crippen LogP contribution in [-0.4, -0.2) is 9.55 Å². The second kappa shape index (κ2) is 3.67. The van der Waals surface area contributed by atoms with Crippen LogP contribution in [0.2, 0.25) is 0 Å². The van der Waals surface area contributed by atoms with Crippen LogP contribution in [0.15, 0.2) is 36.8 Å². The smallest absolute Gasteiger partial charge is 0.0955 e. The molecule has 1 aromatic carbocycles. The van der Waals surface area contributed by atoms with E-state index in [-0.39, 0.29) is 5.54 Å². The highest BCUT2D eigenvalue weighted by atomic mass is 15.1. The van der Waals surface area contributed by atoms with E-state index in [1.165, 1.54) is 0 Å². The monoisotopic (exact) mass is 215 g/mol. The van der Waals surface area contributed by atoms with Gasteiger partial charge in [0.1, 0.15) is 0 Å². The zero-order valence-electron chi connectivity index (χ0n) is 9.94. The van der Waals surface area contributed by atoms with Crippen LogP contribution in [0.4, 0.5) is 5.69 Å². The summed E-state index contributed by atoms with van der Waals surface area (Å²) < 4.78 is 2.14. The van der Waals surface area contributed by atoms with Gasteiger partial charge in [-0.15, -0.1) is 0 Å². The molecule has 0 unspecified atom stereocenters. The summed E-state index contributed by atoms with van der Waals surface area (Å²) in [5, 5.41) is 0. The molecule has 0 saturated heterocycles. The van der Waals surface area contributed by atoms with Gasteiger partial charge in [0, 0.05) is 16.8 Å². The summed E-state index contributed by atoms with van der Waals surface area (Å²) in [6.07, 6.45) is 3.71. The van der Waals surface area contributed by atoms with Gasteiger partial charge in [0.2, 0.25) is 0 Å². The SMILES string of the molecule is CC(C)(C)n1cncc1-c1ccccc1N. The fourth-order valence-electron chi connectivity index (χ4n) is 1.76. The summed E-state index contributed by atoms with van der Waals surface area (Å²) in [7, 11) is 0. The Morgan fingerprint density at radius 1 is 1.19 bits per heavy atom. The lowest BCUT2D eigenvalue weighted by Gasteiger charge is -2.24. The maximum absolute atomic E-state index is 5.98. The molecule has 0 aliphatic carbocycles. The Hall–Kier alpha value is -1.77. The number of aromatic nitrogens is 2. The molecule has 0 atom stereocenters.